The van der Waals surface area contributed by atoms with Gasteiger partial charge in [0.2, 0.25) is 5.91 Å². The fraction of sp³-hybridized carbons (Fsp3) is 0.938. The smallest absolute Gasteiger partial charge is 0.243 e. The summed E-state index contributed by atoms with van der Waals surface area (Å²) in [5.41, 5.74) is 5.29. The highest BCUT2D eigenvalue weighted by molar-refractivity contribution is 5.89. The maximum atomic E-state index is 13.2. The molecule has 3 fully saturated rings. The van der Waals surface area contributed by atoms with E-state index in [9.17, 15) is 4.79 Å². The molecule has 120 valence electrons. The lowest BCUT2D eigenvalue weighted by atomic mass is 9.46. The first-order chi connectivity index (χ1) is 9.70. The van der Waals surface area contributed by atoms with E-state index in [0.29, 0.717) is 19.7 Å². The van der Waals surface area contributed by atoms with Gasteiger partial charge in [-0.15, -0.1) is 0 Å². The number of amides is 1. The average molecular weight is 296 g/mol. The molecule has 3 aliphatic rings. The highest BCUT2D eigenvalue weighted by atomic mass is 16.5. The first-order valence-corrected chi connectivity index (χ1v) is 8.04. The van der Waals surface area contributed by atoms with Gasteiger partial charge in [-0.25, -0.2) is 0 Å². The molecule has 3 rings (SSSR count). The van der Waals surface area contributed by atoms with Gasteiger partial charge in [0.05, 0.1) is 18.3 Å². The summed E-state index contributed by atoms with van der Waals surface area (Å²) in [5.74, 6) is 0.232. The molecule has 2 heterocycles. The van der Waals surface area contributed by atoms with Crippen LogP contribution in [0.15, 0.2) is 0 Å². The van der Waals surface area contributed by atoms with Gasteiger partial charge in [0, 0.05) is 31.0 Å². The molecule has 0 aromatic rings. The number of ether oxygens (including phenoxy) is 2. The van der Waals surface area contributed by atoms with Crippen LogP contribution in [0, 0.1) is 11.3 Å². The van der Waals surface area contributed by atoms with Crippen LogP contribution >= 0.6 is 0 Å². The molecule has 3 atom stereocenters. The molecule has 21 heavy (non-hydrogen) atoms. The molecule has 5 heteroatoms. The molecule has 2 aliphatic heterocycles. The van der Waals surface area contributed by atoms with Gasteiger partial charge in [-0.05, 0) is 26.7 Å². The van der Waals surface area contributed by atoms with E-state index < -0.39 is 5.54 Å². The van der Waals surface area contributed by atoms with E-state index in [1.807, 2.05) is 18.7 Å². The molecule has 2 N–H and O–H groups in total. The van der Waals surface area contributed by atoms with E-state index >= 15 is 0 Å². The van der Waals surface area contributed by atoms with E-state index in [0.717, 1.165) is 19.4 Å². The van der Waals surface area contributed by atoms with Crippen molar-refractivity contribution in [2.75, 3.05) is 26.3 Å². The number of carbonyl (C=O) groups excluding carboxylic acids is 1. The van der Waals surface area contributed by atoms with Gasteiger partial charge in [0.15, 0.2) is 0 Å². The molecule has 1 aliphatic carbocycles. The molecule has 1 saturated carbocycles. The summed E-state index contributed by atoms with van der Waals surface area (Å²) in [6.45, 7) is 10.8. The molecular weight excluding hydrogens is 268 g/mol. The Kier molecular flexibility index (Phi) is 3.39. The van der Waals surface area contributed by atoms with Gasteiger partial charge in [0.1, 0.15) is 5.54 Å². The molecular formula is C16H28N2O3. The zero-order chi connectivity index (χ0) is 15.5. The Labute approximate surface area is 127 Å². The number of hydrogen-bond donors (Lipinski definition) is 1. The van der Waals surface area contributed by atoms with Gasteiger partial charge in [-0.2, -0.15) is 0 Å². The zero-order valence-corrected chi connectivity index (χ0v) is 13.6. The van der Waals surface area contributed by atoms with E-state index in [-0.39, 0.29) is 28.9 Å². The predicted molar refractivity (Wildman–Crippen MR) is 79.8 cm³/mol. The maximum Gasteiger partial charge on any atom is 0.243 e. The summed E-state index contributed by atoms with van der Waals surface area (Å²) in [6, 6.07) is 0. The summed E-state index contributed by atoms with van der Waals surface area (Å²) in [4.78, 5) is 15.0. The summed E-state index contributed by atoms with van der Waals surface area (Å²) >= 11 is 0. The third-order valence-electron chi connectivity index (χ3n) is 5.75. The van der Waals surface area contributed by atoms with Crippen molar-refractivity contribution < 1.29 is 14.3 Å². The van der Waals surface area contributed by atoms with Crippen LogP contribution in [0.2, 0.25) is 0 Å². The van der Waals surface area contributed by atoms with Gasteiger partial charge < -0.3 is 20.1 Å². The van der Waals surface area contributed by atoms with E-state index in [1.165, 1.54) is 0 Å². The van der Waals surface area contributed by atoms with Crippen LogP contribution in [0.25, 0.3) is 0 Å². The summed E-state index contributed by atoms with van der Waals surface area (Å²) in [6.07, 6.45) is 2.11. The highest BCUT2D eigenvalue weighted by Crippen LogP contribution is 2.58. The van der Waals surface area contributed by atoms with Crippen molar-refractivity contribution in [3.05, 3.63) is 0 Å². The SMILES string of the molecule is CC1(C)CN(C(=O)C2(N)C3CCCOC3C2(C)C)CCO1. The monoisotopic (exact) mass is 296 g/mol. The lowest BCUT2D eigenvalue weighted by molar-refractivity contribution is -0.233. The standard InChI is InChI=1S/C16H28N2O3/c1-14(2)10-18(7-9-21-14)13(19)16(17)11-6-5-8-20-12(11)15(16,3)4/h11-12H,5-10,17H2,1-4H3. The summed E-state index contributed by atoms with van der Waals surface area (Å²) < 4.78 is 11.6. The molecule has 5 nitrogen and oxygen atoms in total. The van der Waals surface area contributed by atoms with Gasteiger partial charge in [0.25, 0.3) is 0 Å². The van der Waals surface area contributed by atoms with Gasteiger partial charge in [-0.3, -0.25) is 4.79 Å². The van der Waals surface area contributed by atoms with Crippen molar-refractivity contribution in [1.82, 2.24) is 4.90 Å². The zero-order valence-electron chi connectivity index (χ0n) is 13.6. The Balaban J connectivity index is 1.83. The molecule has 2 saturated heterocycles. The second kappa shape index (κ2) is 4.67. The Morgan fingerprint density at radius 1 is 1.24 bits per heavy atom. The first kappa shape index (κ1) is 15.3. The second-order valence-corrected chi connectivity index (χ2v) is 7.97. The minimum absolute atomic E-state index is 0.0793. The van der Waals surface area contributed by atoms with Crippen molar-refractivity contribution >= 4 is 5.91 Å². The third-order valence-corrected chi connectivity index (χ3v) is 5.75. The lowest BCUT2D eigenvalue weighted by Crippen LogP contribution is -2.83. The topological polar surface area (TPSA) is 64.8 Å². The molecule has 0 aromatic heterocycles. The summed E-state index contributed by atoms with van der Waals surface area (Å²) in [7, 11) is 0. The number of rotatable bonds is 1. The fourth-order valence-electron chi connectivity index (χ4n) is 4.46. The first-order valence-electron chi connectivity index (χ1n) is 8.04. The number of nitrogens with two attached hydrogens (primary N) is 1. The van der Waals surface area contributed by atoms with Crippen molar-refractivity contribution in [2.45, 2.75) is 57.8 Å². The minimum atomic E-state index is -0.800. The van der Waals surface area contributed by atoms with Crippen molar-refractivity contribution in [2.24, 2.45) is 17.1 Å². The molecule has 0 radical (unpaired) electrons. The largest absolute Gasteiger partial charge is 0.377 e. The number of fused-ring (bicyclic) bond motifs is 1. The normalized spacial score (nSPS) is 41.1. The Morgan fingerprint density at radius 2 is 1.95 bits per heavy atom. The fourth-order valence-corrected chi connectivity index (χ4v) is 4.46. The molecule has 3 unspecified atom stereocenters. The van der Waals surface area contributed by atoms with Crippen LogP contribution in [0.5, 0.6) is 0 Å². The molecule has 0 spiro atoms. The van der Waals surface area contributed by atoms with Gasteiger partial charge >= 0.3 is 0 Å². The van der Waals surface area contributed by atoms with E-state index in [4.69, 9.17) is 15.2 Å². The minimum Gasteiger partial charge on any atom is -0.377 e. The number of carbonyl (C=O) groups is 1. The molecule has 0 bridgehead atoms. The number of morpholine rings is 1. The Hall–Kier alpha value is -0.650. The quantitative estimate of drug-likeness (QED) is 0.788. The number of nitrogens with zero attached hydrogens (tertiary/aromatic N) is 1. The van der Waals surface area contributed by atoms with Crippen LogP contribution < -0.4 is 5.73 Å². The Bertz CT molecular complexity index is 449. The van der Waals surface area contributed by atoms with Crippen molar-refractivity contribution in [1.29, 1.82) is 0 Å². The Morgan fingerprint density at radius 3 is 2.62 bits per heavy atom. The van der Waals surface area contributed by atoms with Crippen LogP contribution in [0.4, 0.5) is 0 Å². The van der Waals surface area contributed by atoms with Crippen LogP contribution in [-0.4, -0.2) is 54.4 Å². The lowest BCUT2D eigenvalue weighted by Gasteiger charge is -2.66. The van der Waals surface area contributed by atoms with Crippen LogP contribution in [-0.2, 0) is 14.3 Å². The van der Waals surface area contributed by atoms with Gasteiger partial charge in [-0.1, -0.05) is 13.8 Å². The highest BCUT2D eigenvalue weighted by Gasteiger charge is 2.71. The van der Waals surface area contributed by atoms with Crippen molar-refractivity contribution in [3.63, 3.8) is 0 Å². The van der Waals surface area contributed by atoms with Crippen LogP contribution in [0.1, 0.15) is 40.5 Å². The molecule has 1 amide bonds. The predicted octanol–water partition coefficient (Wildman–Crippen LogP) is 1.16. The molecule has 0 aromatic carbocycles. The number of hydrogen-bond acceptors (Lipinski definition) is 4. The maximum absolute atomic E-state index is 13.2. The van der Waals surface area contributed by atoms with Crippen LogP contribution in [0.3, 0.4) is 0 Å². The summed E-state index contributed by atoms with van der Waals surface area (Å²) in [5, 5.41) is 0. The van der Waals surface area contributed by atoms with Crippen molar-refractivity contribution in [3.8, 4) is 0 Å². The average Bonchev–Trinajstić information content (AvgIpc) is 2.44. The van der Waals surface area contributed by atoms with E-state index in [1.54, 1.807) is 0 Å². The third kappa shape index (κ3) is 2.05. The van der Waals surface area contributed by atoms with E-state index in [2.05, 4.69) is 13.8 Å². The second-order valence-electron chi connectivity index (χ2n) is 7.97.